The molecule has 20 heavy (non-hydrogen) atoms. The predicted octanol–water partition coefficient (Wildman–Crippen LogP) is 4.28. The van der Waals surface area contributed by atoms with E-state index in [0.29, 0.717) is 18.1 Å². The van der Waals surface area contributed by atoms with E-state index in [9.17, 15) is 4.79 Å². The van der Waals surface area contributed by atoms with Crippen molar-refractivity contribution in [3.05, 3.63) is 70.3 Å². The van der Waals surface area contributed by atoms with Crippen molar-refractivity contribution in [2.75, 3.05) is 0 Å². The van der Waals surface area contributed by atoms with Crippen molar-refractivity contribution in [1.82, 2.24) is 0 Å². The molecular weight excluding hydrogens is 244 g/mol. The second kappa shape index (κ2) is 4.59. The van der Waals surface area contributed by atoms with Crippen LogP contribution in [-0.2, 0) is 12.8 Å². The topological polar surface area (TPSA) is 17.1 Å². The molecule has 0 radical (unpaired) electrons. The van der Waals surface area contributed by atoms with E-state index in [-0.39, 0.29) is 0 Å². The molecule has 1 atom stereocenters. The minimum absolute atomic E-state index is 0.337. The van der Waals surface area contributed by atoms with Gasteiger partial charge in [-0.1, -0.05) is 42.5 Å². The van der Waals surface area contributed by atoms with Gasteiger partial charge in [0, 0.05) is 17.9 Å². The minimum Gasteiger partial charge on any atom is -0.294 e. The maximum Gasteiger partial charge on any atom is 0.163 e. The van der Waals surface area contributed by atoms with E-state index in [4.69, 9.17) is 0 Å². The van der Waals surface area contributed by atoms with E-state index in [2.05, 4.69) is 36.4 Å². The van der Waals surface area contributed by atoms with Gasteiger partial charge in [0.15, 0.2) is 5.78 Å². The number of aryl methyl sites for hydroxylation is 2. The highest BCUT2D eigenvalue weighted by Gasteiger charge is 2.29. The van der Waals surface area contributed by atoms with Crippen molar-refractivity contribution in [2.45, 2.75) is 38.0 Å². The molecule has 0 unspecified atom stereocenters. The first-order chi connectivity index (χ1) is 9.84. The monoisotopic (exact) mass is 262 g/mol. The van der Waals surface area contributed by atoms with Gasteiger partial charge in [0.2, 0.25) is 0 Å². The Labute approximate surface area is 119 Å². The maximum absolute atomic E-state index is 12.4. The summed E-state index contributed by atoms with van der Waals surface area (Å²) in [6, 6.07) is 15.1. The van der Waals surface area contributed by atoms with Crippen LogP contribution in [0.25, 0.3) is 0 Å². The van der Waals surface area contributed by atoms with Gasteiger partial charge in [0.1, 0.15) is 0 Å². The zero-order valence-corrected chi connectivity index (χ0v) is 11.6. The van der Waals surface area contributed by atoms with Gasteiger partial charge in [-0.05, 0) is 47.9 Å². The molecule has 2 aliphatic rings. The summed E-state index contributed by atoms with van der Waals surface area (Å²) in [5.74, 6) is 0.759. The lowest BCUT2D eigenvalue weighted by molar-refractivity contribution is 0.0982. The summed E-state index contributed by atoms with van der Waals surface area (Å²) >= 11 is 0. The standard InChI is InChI=1S/C19H18O/c20-18-10-4-8-16-15-7-2-1-5-13(15)11-12-14-6-3-9-17(18)19(14)16/h1-3,5-7,9,16H,4,8,10-12H2/t16-/m0/s1. The van der Waals surface area contributed by atoms with Crippen molar-refractivity contribution < 1.29 is 4.79 Å². The Morgan fingerprint density at radius 1 is 0.850 bits per heavy atom. The van der Waals surface area contributed by atoms with E-state index >= 15 is 0 Å². The Balaban J connectivity index is 2.00. The molecule has 2 aromatic carbocycles. The molecule has 1 heteroatoms. The van der Waals surface area contributed by atoms with Crippen LogP contribution in [0.1, 0.15) is 57.8 Å². The molecule has 0 aromatic heterocycles. The molecule has 0 saturated heterocycles. The van der Waals surface area contributed by atoms with Gasteiger partial charge in [0.25, 0.3) is 0 Å². The summed E-state index contributed by atoms with van der Waals surface area (Å²) in [6.45, 7) is 0. The largest absolute Gasteiger partial charge is 0.294 e. The molecule has 0 amide bonds. The average Bonchev–Trinajstić information content (AvgIpc) is 2.75. The lowest BCUT2D eigenvalue weighted by atomic mass is 9.84. The SMILES string of the molecule is O=C1CCC[C@H]2c3ccccc3CCc3cccc1c32. The summed E-state index contributed by atoms with van der Waals surface area (Å²) in [4.78, 5) is 12.4. The third-order valence-corrected chi connectivity index (χ3v) is 4.84. The summed E-state index contributed by atoms with van der Waals surface area (Å²) in [5.41, 5.74) is 6.63. The minimum atomic E-state index is 0.337. The quantitative estimate of drug-likeness (QED) is 0.692. The van der Waals surface area contributed by atoms with Gasteiger partial charge < -0.3 is 0 Å². The lowest BCUT2D eigenvalue weighted by Gasteiger charge is -2.20. The van der Waals surface area contributed by atoms with Gasteiger partial charge in [-0.15, -0.1) is 0 Å². The van der Waals surface area contributed by atoms with Crippen LogP contribution in [0.3, 0.4) is 0 Å². The van der Waals surface area contributed by atoms with Crippen molar-refractivity contribution >= 4 is 5.78 Å². The second-order valence-corrected chi connectivity index (χ2v) is 5.95. The van der Waals surface area contributed by atoms with Crippen molar-refractivity contribution in [2.24, 2.45) is 0 Å². The fourth-order valence-corrected chi connectivity index (χ4v) is 3.91. The molecule has 0 spiro atoms. The van der Waals surface area contributed by atoms with E-state index in [1.165, 1.54) is 22.3 Å². The molecule has 2 aliphatic carbocycles. The Bertz CT molecular complexity index is 684. The predicted molar refractivity (Wildman–Crippen MR) is 80.3 cm³/mol. The molecule has 0 bridgehead atoms. The summed E-state index contributed by atoms with van der Waals surface area (Å²) in [6.07, 6.45) is 4.97. The van der Waals surface area contributed by atoms with Crippen LogP contribution in [0.2, 0.25) is 0 Å². The van der Waals surface area contributed by atoms with Gasteiger partial charge in [0.05, 0.1) is 0 Å². The molecule has 4 rings (SSSR count). The Hall–Kier alpha value is -1.89. The normalized spacial score (nSPS) is 20.6. The van der Waals surface area contributed by atoms with Gasteiger partial charge in [-0.2, -0.15) is 0 Å². The number of carbonyl (C=O) groups is 1. The third-order valence-electron chi connectivity index (χ3n) is 4.84. The fraction of sp³-hybridized carbons (Fsp3) is 0.316. The Morgan fingerprint density at radius 2 is 1.65 bits per heavy atom. The van der Waals surface area contributed by atoms with Gasteiger partial charge >= 0.3 is 0 Å². The summed E-state index contributed by atoms with van der Waals surface area (Å²) in [7, 11) is 0. The van der Waals surface area contributed by atoms with Crippen LogP contribution in [0, 0.1) is 0 Å². The molecule has 0 saturated carbocycles. The molecule has 1 nitrogen and oxygen atoms in total. The number of ketones is 1. The third kappa shape index (κ3) is 1.73. The summed E-state index contributed by atoms with van der Waals surface area (Å²) in [5, 5.41) is 0. The van der Waals surface area contributed by atoms with Crippen LogP contribution in [0.4, 0.5) is 0 Å². The fourth-order valence-electron chi connectivity index (χ4n) is 3.91. The molecule has 0 fully saturated rings. The molecule has 0 N–H and O–H groups in total. The average molecular weight is 262 g/mol. The van der Waals surface area contributed by atoms with E-state index in [1.807, 2.05) is 6.07 Å². The van der Waals surface area contributed by atoms with E-state index in [1.54, 1.807) is 0 Å². The highest BCUT2D eigenvalue weighted by molar-refractivity contribution is 5.98. The molecule has 2 aromatic rings. The zero-order chi connectivity index (χ0) is 13.5. The zero-order valence-electron chi connectivity index (χ0n) is 11.6. The lowest BCUT2D eigenvalue weighted by Crippen LogP contribution is -2.07. The Kier molecular flexibility index (Phi) is 2.73. The number of Topliss-reactive ketones (excluding diaryl/α,β-unsaturated/α-hetero) is 1. The smallest absolute Gasteiger partial charge is 0.163 e. The van der Waals surface area contributed by atoms with Crippen LogP contribution in [0.5, 0.6) is 0 Å². The van der Waals surface area contributed by atoms with Gasteiger partial charge in [-0.3, -0.25) is 4.79 Å². The number of benzene rings is 2. The van der Waals surface area contributed by atoms with Crippen molar-refractivity contribution in [3.63, 3.8) is 0 Å². The van der Waals surface area contributed by atoms with E-state index in [0.717, 1.165) is 31.2 Å². The number of rotatable bonds is 0. The number of fused-ring (bicyclic) bond motifs is 2. The highest BCUT2D eigenvalue weighted by atomic mass is 16.1. The molecule has 0 heterocycles. The van der Waals surface area contributed by atoms with Crippen LogP contribution >= 0.6 is 0 Å². The van der Waals surface area contributed by atoms with Crippen molar-refractivity contribution in [1.29, 1.82) is 0 Å². The molecule has 0 aliphatic heterocycles. The van der Waals surface area contributed by atoms with Gasteiger partial charge in [-0.25, -0.2) is 0 Å². The first-order valence-corrected chi connectivity index (χ1v) is 7.57. The first kappa shape index (κ1) is 11.9. The second-order valence-electron chi connectivity index (χ2n) is 5.95. The van der Waals surface area contributed by atoms with Crippen LogP contribution < -0.4 is 0 Å². The Morgan fingerprint density at radius 3 is 2.60 bits per heavy atom. The van der Waals surface area contributed by atoms with Crippen LogP contribution in [-0.4, -0.2) is 5.78 Å². The van der Waals surface area contributed by atoms with Crippen molar-refractivity contribution in [3.8, 4) is 0 Å². The number of hydrogen-bond acceptors (Lipinski definition) is 1. The molecular formula is C19H18O. The highest BCUT2D eigenvalue weighted by Crippen LogP contribution is 2.41. The first-order valence-electron chi connectivity index (χ1n) is 7.57. The van der Waals surface area contributed by atoms with E-state index < -0.39 is 0 Å². The van der Waals surface area contributed by atoms with Crippen LogP contribution in [0.15, 0.2) is 42.5 Å². The maximum atomic E-state index is 12.4. The number of carbonyl (C=O) groups excluding carboxylic acids is 1. The molecule has 100 valence electrons. The summed E-state index contributed by atoms with van der Waals surface area (Å²) < 4.78 is 0. The number of hydrogen-bond donors (Lipinski definition) is 0.